The van der Waals surface area contributed by atoms with Gasteiger partial charge in [0.05, 0.1) is 15.9 Å². The third-order valence-corrected chi connectivity index (χ3v) is 5.31. The summed E-state index contributed by atoms with van der Waals surface area (Å²) in [7, 11) is 0. The Morgan fingerprint density at radius 2 is 1.82 bits per heavy atom. The number of phenolic OH excluding ortho intramolecular Hbond substituents is 1. The van der Waals surface area contributed by atoms with Crippen molar-refractivity contribution in [2.45, 2.75) is 6.92 Å². The van der Waals surface area contributed by atoms with Crippen molar-refractivity contribution in [1.29, 1.82) is 0 Å². The van der Waals surface area contributed by atoms with Gasteiger partial charge in [0, 0.05) is 9.13 Å². The van der Waals surface area contributed by atoms with Crippen LogP contribution in [0.5, 0.6) is 11.5 Å². The van der Waals surface area contributed by atoms with Gasteiger partial charge in [-0.25, -0.2) is 9.69 Å². The summed E-state index contributed by atoms with van der Waals surface area (Å²) >= 11 is 4.03. The van der Waals surface area contributed by atoms with Crippen LogP contribution in [-0.2, 0) is 9.59 Å². The molecule has 9 heteroatoms. The predicted octanol–water partition coefficient (Wildman–Crippen LogP) is 3.67. The Balaban J connectivity index is 2.01. The molecular weight excluding hydrogens is 590 g/mol. The van der Waals surface area contributed by atoms with Gasteiger partial charge >= 0.3 is 6.03 Å². The first kappa shape index (κ1) is 20.6. The minimum atomic E-state index is -0.835. The van der Waals surface area contributed by atoms with Crippen LogP contribution in [0.4, 0.5) is 10.5 Å². The van der Waals surface area contributed by atoms with Crippen LogP contribution in [0.2, 0.25) is 0 Å². The second-order valence-electron chi connectivity index (χ2n) is 5.71. The van der Waals surface area contributed by atoms with Gasteiger partial charge in [0.2, 0.25) is 0 Å². The van der Waals surface area contributed by atoms with Crippen LogP contribution in [-0.4, -0.2) is 29.6 Å². The number of amides is 4. The lowest BCUT2D eigenvalue weighted by Crippen LogP contribution is -2.54. The minimum Gasteiger partial charge on any atom is -0.506 e. The van der Waals surface area contributed by atoms with Crippen LogP contribution >= 0.6 is 45.2 Å². The highest BCUT2D eigenvalue weighted by molar-refractivity contribution is 14.1. The van der Waals surface area contributed by atoms with Gasteiger partial charge in [-0.15, -0.1) is 0 Å². The first-order valence-electron chi connectivity index (χ1n) is 8.14. The van der Waals surface area contributed by atoms with Gasteiger partial charge in [-0.1, -0.05) is 0 Å². The van der Waals surface area contributed by atoms with Gasteiger partial charge < -0.3 is 9.84 Å². The highest BCUT2D eigenvalue weighted by Gasteiger charge is 2.37. The number of urea groups is 1. The van der Waals surface area contributed by atoms with Crippen LogP contribution in [0.25, 0.3) is 6.08 Å². The quantitative estimate of drug-likeness (QED) is 0.316. The molecule has 0 spiro atoms. The molecule has 0 unspecified atom stereocenters. The first-order chi connectivity index (χ1) is 13.3. The second-order valence-corrected chi connectivity index (χ2v) is 8.12. The second kappa shape index (κ2) is 8.47. The van der Waals surface area contributed by atoms with Crippen molar-refractivity contribution in [3.63, 3.8) is 0 Å². The molecule has 2 aromatic rings. The molecular formula is C19H14I2N2O5. The number of nitrogens with zero attached hydrogens (tertiary/aromatic N) is 1. The lowest BCUT2D eigenvalue weighted by Gasteiger charge is -2.26. The molecule has 0 atom stereocenters. The molecule has 1 fully saturated rings. The van der Waals surface area contributed by atoms with Gasteiger partial charge in [-0.3, -0.25) is 14.9 Å². The Morgan fingerprint density at radius 1 is 1.14 bits per heavy atom. The molecule has 4 amide bonds. The molecule has 7 nitrogen and oxygen atoms in total. The van der Waals surface area contributed by atoms with Crippen LogP contribution in [0.3, 0.4) is 0 Å². The van der Waals surface area contributed by atoms with E-state index in [0.29, 0.717) is 27.2 Å². The monoisotopic (exact) mass is 604 g/mol. The van der Waals surface area contributed by atoms with Crippen molar-refractivity contribution in [3.8, 4) is 11.5 Å². The van der Waals surface area contributed by atoms with Crippen LogP contribution in [0.1, 0.15) is 12.5 Å². The number of halogens is 2. The smallest absolute Gasteiger partial charge is 0.335 e. The number of ether oxygens (including phenoxy) is 1. The van der Waals surface area contributed by atoms with Crippen molar-refractivity contribution in [3.05, 3.63) is 54.7 Å². The summed E-state index contributed by atoms with van der Waals surface area (Å²) in [5.41, 5.74) is 0.364. The lowest BCUT2D eigenvalue weighted by atomic mass is 10.1. The number of phenols is 1. The molecule has 0 saturated carbocycles. The SMILES string of the molecule is CCOc1ccc(N2C(=O)NC(=O)/C(=C/c3cc(I)cc(I)c3O)C2=O)cc1. The number of anilines is 1. The van der Waals surface area contributed by atoms with Gasteiger partial charge in [-0.2, -0.15) is 0 Å². The van der Waals surface area contributed by atoms with Crippen molar-refractivity contribution in [2.24, 2.45) is 0 Å². The van der Waals surface area contributed by atoms with Gasteiger partial charge in [0.15, 0.2) is 0 Å². The number of imide groups is 2. The number of hydrogen-bond donors (Lipinski definition) is 2. The highest BCUT2D eigenvalue weighted by Crippen LogP contribution is 2.30. The third-order valence-electron chi connectivity index (χ3n) is 3.87. The number of carbonyl (C=O) groups is 3. The fourth-order valence-electron chi connectivity index (χ4n) is 2.60. The molecule has 2 aromatic carbocycles. The summed E-state index contributed by atoms with van der Waals surface area (Å²) in [6.07, 6.45) is 1.28. The van der Waals surface area contributed by atoms with E-state index < -0.39 is 17.8 Å². The molecule has 0 bridgehead atoms. The van der Waals surface area contributed by atoms with Crippen LogP contribution in [0, 0.1) is 7.14 Å². The lowest BCUT2D eigenvalue weighted by molar-refractivity contribution is -0.122. The maximum atomic E-state index is 12.9. The number of carbonyl (C=O) groups excluding carboxylic acids is 3. The van der Waals surface area contributed by atoms with Crippen molar-refractivity contribution in [2.75, 3.05) is 11.5 Å². The van der Waals surface area contributed by atoms with Crippen molar-refractivity contribution in [1.82, 2.24) is 5.32 Å². The van der Waals surface area contributed by atoms with Gasteiger partial charge in [0.25, 0.3) is 11.8 Å². The van der Waals surface area contributed by atoms with E-state index in [0.717, 1.165) is 8.47 Å². The number of benzene rings is 2. The number of barbiturate groups is 1. The molecule has 0 radical (unpaired) electrons. The fraction of sp³-hybridized carbons (Fsp3) is 0.105. The summed E-state index contributed by atoms with van der Waals surface area (Å²) in [6, 6.07) is 8.95. The number of rotatable bonds is 4. The maximum absolute atomic E-state index is 12.9. The number of aromatic hydroxyl groups is 1. The average Bonchev–Trinajstić information content (AvgIpc) is 2.64. The van der Waals surface area contributed by atoms with E-state index in [-0.39, 0.29) is 11.3 Å². The zero-order valence-corrected chi connectivity index (χ0v) is 18.8. The summed E-state index contributed by atoms with van der Waals surface area (Å²) in [4.78, 5) is 38.3. The molecule has 3 rings (SSSR count). The molecule has 0 aliphatic carbocycles. The van der Waals surface area contributed by atoms with E-state index in [2.05, 4.69) is 27.9 Å². The Morgan fingerprint density at radius 3 is 2.46 bits per heavy atom. The topological polar surface area (TPSA) is 95.9 Å². The Hall–Kier alpha value is -2.15. The molecule has 144 valence electrons. The Kier molecular flexibility index (Phi) is 6.23. The average molecular weight is 604 g/mol. The summed E-state index contributed by atoms with van der Waals surface area (Å²) in [5.74, 6) is -1.03. The van der Waals surface area contributed by atoms with E-state index in [1.807, 2.05) is 29.5 Å². The summed E-state index contributed by atoms with van der Waals surface area (Å²) in [6.45, 7) is 2.33. The van der Waals surface area contributed by atoms with Crippen molar-refractivity contribution < 1.29 is 24.2 Å². The van der Waals surface area contributed by atoms with E-state index in [1.54, 1.807) is 36.4 Å². The minimum absolute atomic E-state index is 0.0429. The number of hydrogen-bond acceptors (Lipinski definition) is 5. The highest BCUT2D eigenvalue weighted by atomic mass is 127. The third kappa shape index (κ3) is 4.14. The van der Waals surface area contributed by atoms with E-state index >= 15 is 0 Å². The molecule has 1 aliphatic rings. The van der Waals surface area contributed by atoms with Crippen molar-refractivity contribution >= 4 is 74.8 Å². The zero-order valence-electron chi connectivity index (χ0n) is 14.5. The van der Waals surface area contributed by atoms with Crippen LogP contribution in [0.15, 0.2) is 42.0 Å². The molecule has 2 N–H and O–H groups in total. The van der Waals surface area contributed by atoms with Gasteiger partial charge in [-0.05, 0) is 94.6 Å². The molecule has 1 heterocycles. The predicted molar refractivity (Wildman–Crippen MR) is 120 cm³/mol. The van der Waals surface area contributed by atoms with E-state index in [4.69, 9.17) is 4.74 Å². The molecule has 0 aromatic heterocycles. The van der Waals surface area contributed by atoms with E-state index in [9.17, 15) is 19.5 Å². The Bertz CT molecular complexity index is 1000. The molecule has 1 saturated heterocycles. The maximum Gasteiger partial charge on any atom is 0.335 e. The standard InChI is InChI=1S/C19H14I2N2O5/c1-2-28-13-5-3-12(4-6-13)23-18(26)14(17(25)22-19(23)27)8-10-7-11(20)9-15(21)16(10)24/h3-9,24H,2H2,1H3,(H,22,25,27)/b14-8-. The molecule has 28 heavy (non-hydrogen) atoms. The van der Waals surface area contributed by atoms with Gasteiger partial charge in [0.1, 0.15) is 17.1 Å². The van der Waals surface area contributed by atoms with E-state index in [1.165, 1.54) is 6.08 Å². The normalized spacial score (nSPS) is 15.8. The summed E-state index contributed by atoms with van der Waals surface area (Å²) < 4.78 is 6.77. The number of nitrogens with one attached hydrogen (secondary N) is 1. The summed E-state index contributed by atoms with van der Waals surface area (Å²) in [5, 5.41) is 12.4. The molecule has 1 aliphatic heterocycles. The van der Waals surface area contributed by atoms with Crippen LogP contribution < -0.4 is 15.0 Å². The zero-order chi connectivity index (χ0) is 20.4. The largest absolute Gasteiger partial charge is 0.506 e. The fourth-order valence-corrected chi connectivity index (χ4v) is 4.49. The first-order valence-corrected chi connectivity index (χ1v) is 10.3. The Labute approximate surface area is 188 Å².